The van der Waals surface area contributed by atoms with E-state index in [0.717, 1.165) is 27.8 Å². The summed E-state index contributed by atoms with van der Waals surface area (Å²) < 4.78 is 0. The number of phenols is 1. The van der Waals surface area contributed by atoms with Gasteiger partial charge in [0.1, 0.15) is 12.3 Å². The van der Waals surface area contributed by atoms with Gasteiger partial charge in [-0.05, 0) is 54.1 Å². The number of halogens is 1. The van der Waals surface area contributed by atoms with Gasteiger partial charge in [-0.3, -0.25) is 19.3 Å². The van der Waals surface area contributed by atoms with E-state index in [1.165, 1.54) is 18.2 Å². The highest BCUT2D eigenvalue weighted by molar-refractivity contribution is 8.18. The summed E-state index contributed by atoms with van der Waals surface area (Å²) in [5.41, 5.74) is 1.91. The largest absolute Gasteiger partial charge is 0.506 e. The molecule has 27 heavy (non-hydrogen) atoms. The molecule has 8 heteroatoms. The number of aromatic hydroxyl groups is 1. The number of nitrogens with zero attached hydrogens (tertiary/aromatic N) is 1. The minimum absolute atomic E-state index is 0.106. The van der Waals surface area contributed by atoms with Crippen molar-refractivity contribution in [3.8, 4) is 5.75 Å². The lowest BCUT2D eigenvalue weighted by atomic mass is 10.1. The molecule has 138 valence electrons. The Labute approximate surface area is 164 Å². The lowest BCUT2D eigenvalue weighted by molar-refractivity contribution is -0.127. The molecule has 1 heterocycles. The molecule has 2 aromatic carbocycles. The van der Waals surface area contributed by atoms with Crippen molar-refractivity contribution < 1.29 is 19.5 Å². The molecule has 1 saturated heterocycles. The van der Waals surface area contributed by atoms with Crippen molar-refractivity contribution >= 4 is 52.2 Å². The van der Waals surface area contributed by atoms with Crippen molar-refractivity contribution in [2.24, 2.45) is 0 Å². The molecule has 1 aliphatic heterocycles. The number of amides is 3. The number of hydrogen-bond acceptors (Lipinski definition) is 5. The van der Waals surface area contributed by atoms with E-state index in [9.17, 15) is 19.5 Å². The first-order chi connectivity index (χ1) is 12.8. The Hall–Kier alpha value is -2.77. The summed E-state index contributed by atoms with van der Waals surface area (Å²) in [6.45, 7) is 1.45. The van der Waals surface area contributed by atoms with Crippen LogP contribution in [0.4, 0.5) is 10.5 Å². The topological polar surface area (TPSA) is 86.7 Å². The third kappa shape index (κ3) is 4.32. The first kappa shape index (κ1) is 19.0. The van der Waals surface area contributed by atoms with Crippen LogP contribution in [0.3, 0.4) is 0 Å². The molecule has 0 unspecified atom stereocenters. The molecule has 0 spiro atoms. The lowest BCUT2D eigenvalue weighted by Crippen LogP contribution is -2.36. The maximum Gasteiger partial charge on any atom is 0.294 e. The zero-order valence-electron chi connectivity index (χ0n) is 14.2. The molecular formula is C19H15ClN2O4S. The van der Waals surface area contributed by atoms with Gasteiger partial charge < -0.3 is 10.4 Å². The van der Waals surface area contributed by atoms with Crippen molar-refractivity contribution in [3.05, 3.63) is 63.5 Å². The number of carbonyl (C=O) groups excluding carboxylic acids is 3. The maximum atomic E-state index is 12.5. The quantitative estimate of drug-likeness (QED) is 0.595. The number of phenolic OH excluding ortho intramolecular Hbond substituents is 1. The number of rotatable bonds is 4. The van der Waals surface area contributed by atoms with E-state index in [4.69, 9.17) is 11.6 Å². The van der Waals surface area contributed by atoms with Crippen molar-refractivity contribution in [1.29, 1.82) is 0 Å². The fourth-order valence-corrected chi connectivity index (χ4v) is 3.47. The van der Waals surface area contributed by atoms with Crippen LogP contribution in [0.1, 0.15) is 11.1 Å². The Bertz CT molecular complexity index is 974. The van der Waals surface area contributed by atoms with Gasteiger partial charge in [0.2, 0.25) is 5.91 Å². The second-order valence-corrected chi connectivity index (χ2v) is 7.26. The Balaban J connectivity index is 1.73. The Morgan fingerprint density at radius 1 is 1.26 bits per heavy atom. The number of thioether (sulfide) groups is 1. The SMILES string of the molecule is Cc1ccccc1/C=C1\SC(=O)N(CC(=O)Nc2cc(Cl)ccc2O)C1=O. The minimum atomic E-state index is -0.619. The predicted molar refractivity (Wildman–Crippen MR) is 106 cm³/mol. The Morgan fingerprint density at radius 2 is 2.00 bits per heavy atom. The van der Waals surface area contributed by atoms with Crippen LogP contribution in [0.25, 0.3) is 6.08 Å². The number of aryl methyl sites for hydroxylation is 1. The van der Waals surface area contributed by atoms with Crippen LogP contribution < -0.4 is 5.32 Å². The second kappa shape index (κ2) is 7.85. The Morgan fingerprint density at radius 3 is 2.74 bits per heavy atom. The fraction of sp³-hybridized carbons (Fsp3) is 0.105. The van der Waals surface area contributed by atoms with Gasteiger partial charge in [0.05, 0.1) is 10.6 Å². The van der Waals surface area contributed by atoms with E-state index in [0.29, 0.717) is 5.02 Å². The summed E-state index contributed by atoms with van der Waals surface area (Å²) in [4.78, 5) is 38.0. The van der Waals surface area contributed by atoms with E-state index in [1.54, 1.807) is 6.08 Å². The molecule has 1 fully saturated rings. The summed E-state index contributed by atoms with van der Waals surface area (Å²) in [6, 6.07) is 11.7. The van der Waals surface area contributed by atoms with Crippen LogP contribution in [-0.2, 0) is 9.59 Å². The monoisotopic (exact) mass is 402 g/mol. The average molecular weight is 403 g/mol. The van der Waals surface area contributed by atoms with Crippen molar-refractivity contribution in [3.63, 3.8) is 0 Å². The van der Waals surface area contributed by atoms with Gasteiger partial charge in [-0.15, -0.1) is 0 Å². The molecular weight excluding hydrogens is 388 g/mol. The van der Waals surface area contributed by atoms with Crippen LogP contribution in [0.2, 0.25) is 5.02 Å². The van der Waals surface area contributed by atoms with Crippen LogP contribution in [0.5, 0.6) is 5.75 Å². The minimum Gasteiger partial charge on any atom is -0.506 e. The van der Waals surface area contributed by atoms with Crippen molar-refractivity contribution in [2.45, 2.75) is 6.92 Å². The highest BCUT2D eigenvalue weighted by Gasteiger charge is 2.36. The number of carbonyl (C=O) groups is 3. The maximum absolute atomic E-state index is 12.5. The molecule has 2 aromatic rings. The highest BCUT2D eigenvalue weighted by atomic mass is 35.5. The molecule has 2 N–H and O–H groups in total. The first-order valence-corrected chi connectivity index (χ1v) is 9.14. The zero-order valence-corrected chi connectivity index (χ0v) is 15.8. The summed E-state index contributed by atoms with van der Waals surface area (Å²) in [5.74, 6) is -1.31. The molecule has 0 atom stereocenters. The van der Waals surface area contributed by atoms with E-state index < -0.39 is 23.6 Å². The molecule has 0 saturated carbocycles. The van der Waals surface area contributed by atoms with Crippen LogP contribution in [0, 0.1) is 6.92 Å². The summed E-state index contributed by atoms with van der Waals surface area (Å²) in [6.07, 6.45) is 1.64. The number of anilines is 1. The molecule has 3 amide bonds. The van der Waals surface area contributed by atoms with Crippen molar-refractivity contribution in [1.82, 2.24) is 4.90 Å². The third-order valence-corrected chi connectivity index (χ3v) is 5.03. The summed E-state index contributed by atoms with van der Waals surface area (Å²) in [5, 5.41) is 12.0. The molecule has 1 aliphatic rings. The van der Waals surface area contributed by atoms with E-state index >= 15 is 0 Å². The van der Waals surface area contributed by atoms with Crippen LogP contribution in [0.15, 0.2) is 47.4 Å². The van der Waals surface area contributed by atoms with E-state index in [1.807, 2.05) is 31.2 Å². The Kier molecular flexibility index (Phi) is 5.53. The molecule has 0 aromatic heterocycles. The molecule has 0 bridgehead atoms. The van der Waals surface area contributed by atoms with E-state index in [-0.39, 0.29) is 16.3 Å². The van der Waals surface area contributed by atoms with Crippen LogP contribution in [-0.4, -0.2) is 33.6 Å². The molecule has 3 rings (SSSR count). The first-order valence-electron chi connectivity index (χ1n) is 7.94. The number of hydrogen-bond donors (Lipinski definition) is 2. The van der Waals surface area contributed by atoms with Gasteiger partial charge >= 0.3 is 0 Å². The standard InChI is InChI=1S/C19H15ClN2O4S/c1-11-4-2-3-5-12(11)8-16-18(25)22(19(26)27-16)10-17(24)21-14-9-13(20)6-7-15(14)23/h2-9,23H,10H2,1H3,(H,21,24)/b16-8-. The third-order valence-electron chi connectivity index (χ3n) is 3.88. The number of nitrogens with one attached hydrogen (secondary N) is 1. The van der Waals surface area contributed by atoms with Crippen LogP contribution >= 0.6 is 23.4 Å². The predicted octanol–water partition coefficient (Wildman–Crippen LogP) is 4.03. The molecule has 0 aliphatic carbocycles. The van der Waals surface area contributed by atoms with Crippen molar-refractivity contribution in [2.75, 3.05) is 11.9 Å². The van der Waals surface area contributed by atoms with E-state index in [2.05, 4.69) is 5.32 Å². The molecule has 0 radical (unpaired) electrons. The van der Waals surface area contributed by atoms with Gasteiger partial charge in [-0.25, -0.2) is 0 Å². The smallest absolute Gasteiger partial charge is 0.294 e. The zero-order chi connectivity index (χ0) is 19.6. The van der Waals surface area contributed by atoms with Gasteiger partial charge in [0.15, 0.2) is 0 Å². The number of benzene rings is 2. The fourth-order valence-electron chi connectivity index (χ4n) is 2.47. The van der Waals surface area contributed by atoms with Gasteiger partial charge in [0, 0.05) is 5.02 Å². The lowest BCUT2D eigenvalue weighted by Gasteiger charge is -2.13. The summed E-state index contributed by atoms with van der Waals surface area (Å²) >= 11 is 6.62. The van der Waals surface area contributed by atoms with Gasteiger partial charge in [-0.2, -0.15) is 0 Å². The average Bonchev–Trinajstić information content (AvgIpc) is 2.87. The molecule has 6 nitrogen and oxygen atoms in total. The highest BCUT2D eigenvalue weighted by Crippen LogP contribution is 2.33. The summed E-state index contributed by atoms with van der Waals surface area (Å²) in [7, 11) is 0. The number of imide groups is 1. The van der Waals surface area contributed by atoms with Gasteiger partial charge in [-0.1, -0.05) is 35.9 Å². The van der Waals surface area contributed by atoms with Gasteiger partial charge in [0.25, 0.3) is 11.1 Å². The normalized spacial score (nSPS) is 15.5. The second-order valence-electron chi connectivity index (χ2n) is 5.83.